The summed E-state index contributed by atoms with van der Waals surface area (Å²) in [6, 6.07) is 3.09. The molecule has 8 nitrogen and oxygen atoms in total. The number of benzene rings is 1. The number of nitro groups is 1. The summed E-state index contributed by atoms with van der Waals surface area (Å²) in [5.74, 6) is -1.88. The van der Waals surface area contributed by atoms with Crippen LogP contribution in [0, 0.1) is 10.1 Å². The first-order valence-corrected chi connectivity index (χ1v) is 7.44. The third-order valence-electron chi connectivity index (χ3n) is 2.50. The van der Waals surface area contributed by atoms with Crippen molar-refractivity contribution in [3.63, 3.8) is 0 Å². The van der Waals surface area contributed by atoms with E-state index >= 15 is 0 Å². The molecule has 0 fully saturated rings. The summed E-state index contributed by atoms with van der Waals surface area (Å²) in [5.41, 5.74) is -0.590. The van der Waals surface area contributed by atoms with Crippen molar-refractivity contribution in [2.75, 3.05) is 18.1 Å². The van der Waals surface area contributed by atoms with Gasteiger partial charge >= 0.3 is 11.7 Å². The average Bonchev–Trinajstić information content (AvgIpc) is 2.38. The molecule has 0 unspecified atom stereocenters. The van der Waals surface area contributed by atoms with E-state index in [0.717, 1.165) is 18.2 Å². The lowest BCUT2D eigenvalue weighted by atomic mass is 10.2. The van der Waals surface area contributed by atoms with Gasteiger partial charge in [0, 0.05) is 17.9 Å². The lowest BCUT2D eigenvalue weighted by Gasteiger charge is -2.07. The molecule has 1 aromatic rings. The number of carbonyl (C=O) groups is 1. The molecule has 0 spiro atoms. The minimum Gasteiger partial charge on any atom is -0.486 e. The molecule has 0 aliphatic heterocycles. The molecule has 1 N–H and O–H groups in total. The van der Waals surface area contributed by atoms with E-state index in [0.29, 0.717) is 0 Å². The van der Waals surface area contributed by atoms with Crippen molar-refractivity contribution < 1.29 is 28.0 Å². The topological polar surface area (TPSA) is 124 Å². The van der Waals surface area contributed by atoms with E-state index < -0.39 is 26.4 Å². The Kier molecular flexibility index (Phi) is 5.03. The standard InChI is InChI=1S/C11H13NO7S/c1-2-20(17,18)6-5-19-10-7-8(11(13)14)3-4-9(10)12(15)16/h3-4,7H,2,5-6H2,1H3,(H,13,14). The Bertz CT molecular complexity index is 624. The number of sulfone groups is 1. The zero-order valence-electron chi connectivity index (χ0n) is 10.6. The smallest absolute Gasteiger partial charge is 0.335 e. The average molecular weight is 303 g/mol. The maximum atomic E-state index is 11.3. The zero-order valence-corrected chi connectivity index (χ0v) is 11.4. The van der Waals surface area contributed by atoms with Crippen molar-refractivity contribution in [3.05, 3.63) is 33.9 Å². The van der Waals surface area contributed by atoms with Gasteiger partial charge in [-0.2, -0.15) is 0 Å². The molecular formula is C11H13NO7S. The highest BCUT2D eigenvalue weighted by Crippen LogP contribution is 2.28. The van der Waals surface area contributed by atoms with Gasteiger partial charge in [-0.1, -0.05) is 6.92 Å². The number of nitro benzene ring substituents is 1. The van der Waals surface area contributed by atoms with Crippen LogP contribution in [0.15, 0.2) is 18.2 Å². The Labute approximate surface area is 115 Å². The van der Waals surface area contributed by atoms with Crippen LogP contribution in [-0.4, -0.2) is 42.5 Å². The third kappa shape index (κ3) is 4.19. The second-order valence-electron chi connectivity index (χ2n) is 3.83. The second kappa shape index (κ2) is 6.33. The van der Waals surface area contributed by atoms with Crippen molar-refractivity contribution in [1.82, 2.24) is 0 Å². The number of nitrogens with zero attached hydrogens (tertiary/aromatic N) is 1. The van der Waals surface area contributed by atoms with E-state index in [2.05, 4.69) is 0 Å². The SMILES string of the molecule is CCS(=O)(=O)CCOc1cc(C(=O)O)ccc1[N+](=O)[O-]. The van der Waals surface area contributed by atoms with Crippen LogP contribution in [0.25, 0.3) is 0 Å². The molecule has 0 amide bonds. The van der Waals surface area contributed by atoms with Gasteiger partial charge < -0.3 is 9.84 Å². The molecule has 20 heavy (non-hydrogen) atoms. The van der Waals surface area contributed by atoms with Crippen LogP contribution in [0.5, 0.6) is 5.75 Å². The van der Waals surface area contributed by atoms with Gasteiger partial charge in [-0.15, -0.1) is 0 Å². The fourth-order valence-corrected chi connectivity index (χ4v) is 1.96. The molecular weight excluding hydrogens is 290 g/mol. The van der Waals surface area contributed by atoms with Crippen LogP contribution in [0.2, 0.25) is 0 Å². The minimum atomic E-state index is -3.26. The van der Waals surface area contributed by atoms with Gasteiger partial charge in [-0.3, -0.25) is 10.1 Å². The molecule has 110 valence electrons. The van der Waals surface area contributed by atoms with E-state index in [1.54, 1.807) is 0 Å². The van der Waals surface area contributed by atoms with E-state index in [1.165, 1.54) is 6.92 Å². The molecule has 0 aromatic heterocycles. The fraction of sp³-hybridized carbons (Fsp3) is 0.364. The van der Waals surface area contributed by atoms with Gasteiger partial charge in [0.25, 0.3) is 0 Å². The lowest BCUT2D eigenvalue weighted by Crippen LogP contribution is -2.16. The Balaban J connectivity index is 2.94. The van der Waals surface area contributed by atoms with Crippen LogP contribution in [0.3, 0.4) is 0 Å². The first-order chi connectivity index (χ1) is 9.26. The Morgan fingerprint density at radius 3 is 2.60 bits per heavy atom. The van der Waals surface area contributed by atoms with Crippen molar-refractivity contribution in [3.8, 4) is 5.75 Å². The predicted octanol–water partition coefficient (Wildman–Crippen LogP) is 1.11. The predicted molar refractivity (Wildman–Crippen MR) is 69.9 cm³/mol. The highest BCUT2D eigenvalue weighted by molar-refractivity contribution is 7.91. The monoisotopic (exact) mass is 303 g/mol. The van der Waals surface area contributed by atoms with Crippen molar-refractivity contribution >= 4 is 21.5 Å². The zero-order chi connectivity index (χ0) is 15.3. The lowest BCUT2D eigenvalue weighted by molar-refractivity contribution is -0.385. The van der Waals surface area contributed by atoms with Gasteiger partial charge in [-0.25, -0.2) is 13.2 Å². The minimum absolute atomic E-state index is 0.0619. The van der Waals surface area contributed by atoms with Gasteiger partial charge in [0.05, 0.1) is 16.2 Å². The fourth-order valence-electron chi connectivity index (χ4n) is 1.34. The maximum Gasteiger partial charge on any atom is 0.335 e. The summed E-state index contributed by atoms with van der Waals surface area (Å²) < 4.78 is 27.6. The normalized spacial score (nSPS) is 11.1. The molecule has 0 aliphatic carbocycles. The number of aromatic carboxylic acids is 1. The Morgan fingerprint density at radius 2 is 2.10 bits per heavy atom. The number of hydrogen-bond acceptors (Lipinski definition) is 6. The van der Waals surface area contributed by atoms with Crippen molar-refractivity contribution in [2.45, 2.75) is 6.92 Å². The summed E-state index contributed by atoms with van der Waals surface area (Å²) >= 11 is 0. The highest BCUT2D eigenvalue weighted by atomic mass is 32.2. The van der Waals surface area contributed by atoms with Crippen LogP contribution < -0.4 is 4.74 Å². The molecule has 0 heterocycles. The molecule has 0 saturated heterocycles. The van der Waals surface area contributed by atoms with Crippen LogP contribution in [0.4, 0.5) is 5.69 Å². The van der Waals surface area contributed by atoms with E-state index in [-0.39, 0.29) is 29.4 Å². The molecule has 0 bridgehead atoms. The molecule has 0 radical (unpaired) electrons. The molecule has 0 aliphatic rings. The van der Waals surface area contributed by atoms with Crippen LogP contribution >= 0.6 is 0 Å². The molecule has 0 atom stereocenters. The van der Waals surface area contributed by atoms with E-state index in [9.17, 15) is 23.3 Å². The number of rotatable bonds is 7. The van der Waals surface area contributed by atoms with Gasteiger partial charge in [0.15, 0.2) is 15.6 Å². The number of carboxylic acids is 1. The summed E-state index contributed by atoms with van der Waals surface area (Å²) in [5, 5.41) is 19.6. The van der Waals surface area contributed by atoms with E-state index in [1.807, 2.05) is 0 Å². The highest BCUT2D eigenvalue weighted by Gasteiger charge is 2.18. The van der Waals surface area contributed by atoms with E-state index in [4.69, 9.17) is 9.84 Å². The second-order valence-corrected chi connectivity index (χ2v) is 6.30. The summed E-state index contributed by atoms with van der Waals surface area (Å²) in [6.45, 7) is 1.20. The summed E-state index contributed by atoms with van der Waals surface area (Å²) in [4.78, 5) is 20.8. The van der Waals surface area contributed by atoms with Crippen LogP contribution in [-0.2, 0) is 9.84 Å². The molecule has 0 saturated carbocycles. The molecule has 1 aromatic carbocycles. The van der Waals surface area contributed by atoms with Crippen molar-refractivity contribution in [1.29, 1.82) is 0 Å². The maximum absolute atomic E-state index is 11.3. The number of ether oxygens (including phenoxy) is 1. The first kappa shape index (κ1) is 15.9. The van der Waals surface area contributed by atoms with Gasteiger partial charge in [0.1, 0.15) is 6.61 Å². The first-order valence-electron chi connectivity index (χ1n) is 5.62. The molecule has 1 rings (SSSR count). The molecule has 9 heteroatoms. The van der Waals surface area contributed by atoms with Gasteiger partial charge in [0.2, 0.25) is 0 Å². The summed E-state index contributed by atoms with van der Waals surface area (Å²) in [7, 11) is -3.26. The number of carboxylic acid groups (broad SMARTS) is 1. The van der Waals surface area contributed by atoms with Crippen LogP contribution in [0.1, 0.15) is 17.3 Å². The summed E-state index contributed by atoms with van der Waals surface area (Å²) in [6.07, 6.45) is 0. The van der Waals surface area contributed by atoms with Crippen molar-refractivity contribution in [2.24, 2.45) is 0 Å². The Morgan fingerprint density at radius 1 is 1.45 bits per heavy atom. The van der Waals surface area contributed by atoms with Gasteiger partial charge in [-0.05, 0) is 6.07 Å². The largest absolute Gasteiger partial charge is 0.486 e. The number of hydrogen-bond donors (Lipinski definition) is 1. The third-order valence-corrected chi connectivity index (χ3v) is 4.16. The quantitative estimate of drug-likeness (QED) is 0.590. The Hall–Kier alpha value is -2.16.